The van der Waals surface area contributed by atoms with Gasteiger partial charge < -0.3 is 9.47 Å². The summed E-state index contributed by atoms with van der Waals surface area (Å²) in [5.74, 6) is 0.000255. The van der Waals surface area contributed by atoms with Gasteiger partial charge in [-0.15, -0.1) is 0 Å². The molecule has 0 bridgehead atoms. The first-order valence-electron chi connectivity index (χ1n) is 7.19. The standard InChI is InChI=1S/C16H18ClN3O/c1-19-10-14(18-11-19)16(21)20-8-3-2-7-15(20)12-5-4-6-13(17)9-12/h4-6,9-11,15H,2-3,7-8H2,1H3/t15-/m1/s1. The predicted octanol–water partition coefficient (Wildman–Crippen LogP) is 3.44. The summed E-state index contributed by atoms with van der Waals surface area (Å²) in [4.78, 5) is 18.8. The molecule has 0 radical (unpaired) electrons. The lowest BCUT2D eigenvalue weighted by Crippen LogP contribution is -2.38. The van der Waals surface area contributed by atoms with Gasteiger partial charge in [0.1, 0.15) is 5.69 Å². The fourth-order valence-electron chi connectivity index (χ4n) is 2.91. The van der Waals surface area contributed by atoms with Crippen LogP contribution in [-0.4, -0.2) is 26.9 Å². The Hall–Kier alpha value is -1.81. The van der Waals surface area contributed by atoms with Crippen LogP contribution in [0.3, 0.4) is 0 Å². The molecular formula is C16H18ClN3O. The molecule has 1 aliphatic heterocycles. The second-order valence-corrected chi connectivity index (χ2v) is 5.93. The van der Waals surface area contributed by atoms with Gasteiger partial charge in [-0.3, -0.25) is 4.79 Å². The average molecular weight is 304 g/mol. The molecule has 0 unspecified atom stereocenters. The van der Waals surface area contributed by atoms with Gasteiger partial charge in [0.2, 0.25) is 0 Å². The molecule has 2 aromatic rings. The molecule has 4 nitrogen and oxygen atoms in total. The Morgan fingerprint density at radius 1 is 1.38 bits per heavy atom. The Labute approximate surface area is 129 Å². The van der Waals surface area contributed by atoms with E-state index in [1.54, 1.807) is 17.1 Å². The maximum absolute atomic E-state index is 12.7. The lowest BCUT2D eigenvalue weighted by atomic mass is 9.95. The topological polar surface area (TPSA) is 38.1 Å². The Kier molecular flexibility index (Phi) is 3.97. The van der Waals surface area contributed by atoms with Gasteiger partial charge in [-0.2, -0.15) is 0 Å². The smallest absolute Gasteiger partial charge is 0.274 e. The van der Waals surface area contributed by atoms with Gasteiger partial charge in [0.15, 0.2) is 0 Å². The third-order valence-electron chi connectivity index (χ3n) is 3.92. The lowest BCUT2D eigenvalue weighted by Gasteiger charge is -2.35. The van der Waals surface area contributed by atoms with E-state index in [9.17, 15) is 4.79 Å². The highest BCUT2D eigenvalue weighted by molar-refractivity contribution is 6.30. The van der Waals surface area contributed by atoms with E-state index in [2.05, 4.69) is 4.98 Å². The zero-order chi connectivity index (χ0) is 14.8. The number of aryl methyl sites for hydroxylation is 1. The summed E-state index contributed by atoms with van der Waals surface area (Å²) in [7, 11) is 1.87. The van der Waals surface area contributed by atoms with Crippen molar-refractivity contribution < 1.29 is 4.79 Å². The van der Waals surface area contributed by atoms with Crippen molar-refractivity contribution in [2.75, 3.05) is 6.54 Å². The van der Waals surface area contributed by atoms with E-state index in [0.717, 1.165) is 31.4 Å². The zero-order valence-corrected chi connectivity index (χ0v) is 12.8. The highest BCUT2D eigenvalue weighted by Crippen LogP contribution is 2.32. The van der Waals surface area contributed by atoms with Crippen molar-refractivity contribution in [1.29, 1.82) is 0 Å². The van der Waals surface area contributed by atoms with Crippen LogP contribution >= 0.6 is 11.6 Å². The van der Waals surface area contributed by atoms with Crippen LogP contribution in [0.15, 0.2) is 36.8 Å². The van der Waals surface area contributed by atoms with Crippen molar-refractivity contribution in [3.63, 3.8) is 0 Å². The van der Waals surface area contributed by atoms with Gasteiger partial charge in [-0.1, -0.05) is 23.7 Å². The van der Waals surface area contributed by atoms with Crippen LogP contribution in [0.1, 0.15) is 41.4 Å². The van der Waals surface area contributed by atoms with Crippen LogP contribution in [0.4, 0.5) is 0 Å². The minimum absolute atomic E-state index is 0.000255. The predicted molar refractivity (Wildman–Crippen MR) is 82.3 cm³/mol. The molecule has 1 atom stereocenters. The minimum Gasteiger partial charge on any atom is -0.340 e. The molecule has 110 valence electrons. The minimum atomic E-state index is 0.000255. The lowest BCUT2D eigenvalue weighted by molar-refractivity contribution is 0.0606. The number of carbonyl (C=O) groups is 1. The number of benzene rings is 1. The first kappa shape index (κ1) is 14.1. The first-order chi connectivity index (χ1) is 10.1. The Morgan fingerprint density at radius 3 is 2.95 bits per heavy atom. The van der Waals surface area contributed by atoms with Gasteiger partial charge in [0.25, 0.3) is 5.91 Å². The molecule has 2 heterocycles. The molecule has 1 aromatic carbocycles. The molecule has 0 N–H and O–H groups in total. The molecule has 21 heavy (non-hydrogen) atoms. The zero-order valence-electron chi connectivity index (χ0n) is 12.0. The number of hydrogen-bond acceptors (Lipinski definition) is 2. The molecule has 0 saturated carbocycles. The van der Waals surface area contributed by atoms with Crippen molar-refractivity contribution in [1.82, 2.24) is 14.5 Å². The van der Waals surface area contributed by atoms with Crippen LogP contribution in [0.5, 0.6) is 0 Å². The fraction of sp³-hybridized carbons (Fsp3) is 0.375. The number of rotatable bonds is 2. The molecular weight excluding hydrogens is 286 g/mol. The van der Waals surface area contributed by atoms with Crippen LogP contribution in [0.2, 0.25) is 5.02 Å². The van der Waals surface area contributed by atoms with E-state index in [1.807, 2.05) is 36.2 Å². The maximum Gasteiger partial charge on any atom is 0.274 e. The SMILES string of the molecule is Cn1cnc(C(=O)N2CCCC[C@@H]2c2cccc(Cl)c2)c1. The number of likely N-dealkylation sites (tertiary alicyclic amines) is 1. The third-order valence-corrected chi connectivity index (χ3v) is 4.16. The van der Waals surface area contributed by atoms with Gasteiger partial charge in [0, 0.05) is 24.8 Å². The molecule has 0 spiro atoms. The van der Waals surface area contributed by atoms with E-state index in [0.29, 0.717) is 10.7 Å². The van der Waals surface area contributed by atoms with E-state index < -0.39 is 0 Å². The highest BCUT2D eigenvalue weighted by Gasteiger charge is 2.29. The van der Waals surface area contributed by atoms with Crippen LogP contribution in [0, 0.1) is 0 Å². The molecule has 0 aliphatic carbocycles. The van der Waals surface area contributed by atoms with E-state index in [4.69, 9.17) is 11.6 Å². The van der Waals surface area contributed by atoms with Crippen molar-refractivity contribution in [2.24, 2.45) is 7.05 Å². The monoisotopic (exact) mass is 303 g/mol. The summed E-state index contributed by atoms with van der Waals surface area (Å²) in [6.07, 6.45) is 6.56. The summed E-state index contributed by atoms with van der Waals surface area (Å²) in [5, 5.41) is 0.711. The number of hydrogen-bond donors (Lipinski definition) is 0. The van der Waals surface area contributed by atoms with Crippen molar-refractivity contribution in [3.05, 3.63) is 53.1 Å². The summed E-state index contributed by atoms with van der Waals surface area (Å²) < 4.78 is 1.80. The number of carbonyl (C=O) groups excluding carboxylic acids is 1. The van der Waals surface area contributed by atoms with Gasteiger partial charge in [-0.05, 0) is 37.0 Å². The number of nitrogens with zero attached hydrogens (tertiary/aromatic N) is 3. The Morgan fingerprint density at radius 2 is 2.24 bits per heavy atom. The van der Waals surface area contributed by atoms with Crippen LogP contribution in [-0.2, 0) is 7.05 Å². The van der Waals surface area contributed by atoms with Gasteiger partial charge in [-0.25, -0.2) is 4.98 Å². The molecule has 1 aliphatic rings. The van der Waals surface area contributed by atoms with Crippen molar-refractivity contribution >= 4 is 17.5 Å². The van der Waals surface area contributed by atoms with E-state index >= 15 is 0 Å². The van der Waals surface area contributed by atoms with Crippen molar-refractivity contribution in [3.8, 4) is 0 Å². The van der Waals surface area contributed by atoms with Gasteiger partial charge >= 0.3 is 0 Å². The number of imidazole rings is 1. The van der Waals surface area contributed by atoms with Gasteiger partial charge in [0.05, 0.1) is 12.4 Å². The normalized spacial score (nSPS) is 18.8. The van der Waals surface area contributed by atoms with Crippen LogP contribution in [0.25, 0.3) is 0 Å². The molecule has 1 amide bonds. The number of amides is 1. The summed E-state index contributed by atoms with van der Waals surface area (Å²) in [5.41, 5.74) is 1.61. The van der Waals surface area contributed by atoms with Crippen molar-refractivity contribution in [2.45, 2.75) is 25.3 Å². The molecule has 1 aromatic heterocycles. The average Bonchev–Trinajstić information content (AvgIpc) is 2.93. The van der Waals surface area contributed by atoms with E-state index in [-0.39, 0.29) is 11.9 Å². The second kappa shape index (κ2) is 5.90. The largest absolute Gasteiger partial charge is 0.340 e. The highest BCUT2D eigenvalue weighted by atomic mass is 35.5. The second-order valence-electron chi connectivity index (χ2n) is 5.49. The fourth-order valence-corrected chi connectivity index (χ4v) is 3.10. The number of halogens is 1. The van der Waals surface area contributed by atoms with E-state index in [1.165, 1.54) is 0 Å². The number of aromatic nitrogens is 2. The maximum atomic E-state index is 12.7. The quantitative estimate of drug-likeness (QED) is 0.852. The molecule has 3 rings (SSSR count). The summed E-state index contributed by atoms with van der Waals surface area (Å²) in [6.45, 7) is 0.770. The molecule has 5 heteroatoms. The Bertz CT molecular complexity index is 652. The third kappa shape index (κ3) is 2.95. The number of piperidine rings is 1. The van der Waals surface area contributed by atoms with Crippen LogP contribution < -0.4 is 0 Å². The summed E-state index contributed by atoms with van der Waals surface area (Å²) >= 11 is 6.09. The summed E-state index contributed by atoms with van der Waals surface area (Å²) in [6, 6.07) is 7.89. The molecule has 1 fully saturated rings. The first-order valence-corrected chi connectivity index (χ1v) is 7.57. The Balaban J connectivity index is 1.89. The molecule has 1 saturated heterocycles.